The number of ether oxygens (including phenoxy) is 2. The molecule has 0 radical (unpaired) electrons. The van der Waals surface area contributed by atoms with E-state index in [0.29, 0.717) is 17.4 Å². The fourth-order valence-corrected chi connectivity index (χ4v) is 2.14. The molecule has 6 heteroatoms. The van der Waals surface area contributed by atoms with Gasteiger partial charge in [-0.3, -0.25) is 4.79 Å². The molecule has 0 spiro atoms. The predicted molar refractivity (Wildman–Crippen MR) is 74.3 cm³/mol. The maximum atomic E-state index is 11.0. The molecule has 100 valence electrons. The molecule has 0 saturated heterocycles. The van der Waals surface area contributed by atoms with Crippen LogP contribution >= 0.6 is 23.4 Å². The Bertz CT molecular complexity index is 389. The highest BCUT2D eigenvalue weighted by Crippen LogP contribution is 2.17. The Labute approximate surface area is 116 Å². The summed E-state index contributed by atoms with van der Waals surface area (Å²) in [4.78, 5) is 11.0. The summed E-state index contributed by atoms with van der Waals surface area (Å²) in [6.07, 6.45) is 0. The summed E-state index contributed by atoms with van der Waals surface area (Å²) in [6.45, 7) is 0.541. The van der Waals surface area contributed by atoms with Crippen molar-refractivity contribution in [2.24, 2.45) is 5.73 Å². The highest BCUT2D eigenvalue weighted by atomic mass is 35.5. The van der Waals surface area contributed by atoms with Gasteiger partial charge in [-0.1, -0.05) is 17.7 Å². The van der Waals surface area contributed by atoms with E-state index in [1.54, 1.807) is 23.9 Å². The second-order valence-electron chi connectivity index (χ2n) is 3.51. The van der Waals surface area contributed by atoms with Crippen molar-refractivity contribution in [2.75, 3.05) is 25.2 Å². The summed E-state index contributed by atoms with van der Waals surface area (Å²) < 4.78 is 10.0. The molecular formula is C12H16ClNO3S. The molecule has 4 nitrogen and oxygen atoms in total. The van der Waals surface area contributed by atoms with Crippen LogP contribution in [0.3, 0.4) is 0 Å². The molecule has 0 bridgehead atoms. The molecule has 0 saturated carbocycles. The summed E-state index contributed by atoms with van der Waals surface area (Å²) in [5.41, 5.74) is 5.59. The standard InChI is InChI=1S/C12H16ClNO3S/c1-16-12(15)11(14)8-18-6-5-17-10-4-2-3-9(13)7-10/h2-4,7,11H,5-6,8,14H2,1H3. The third-order valence-corrected chi connectivity index (χ3v) is 3.38. The topological polar surface area (TPSA) is 61.5 Å². The highest BCUT2D eigenvalue weighted by molar-refractivity contribution is 7.99. The van der Waals surface area contributed by atoms with Crippen LogP contribution in [-0.4, -0.2) is 37.2 Å². The molecule has 0 heterocycles. The van der Waals surface area contributed by atoms with E-state index in [-0.39, 0.29) is 0 Å². The largest absolute Gasteiger partial charge is 0.493 e. The third-order valence-electron chi connectivity index (χ3n) is 2.09. The summed E-state index contributed by atoms with van der Waals surface area (Å²) in [7, 11) is 1.33. The van der Waals surface area contributed by atoms with Crippen LogP contribution in [0.4, 0.5) is 0 Å². The summed E-state index contributed by atoms with van der Waals surface area (Å²) >= 11 is 7.37. The average molecular weight is 290 g/mol. The molecule has 18 heavy (non-hydrogen) atoms. The lowest BCUT2D eigenvalue weighted by Gasteiger charge is -2.09. The van der Waals surface area contributed by atoms with Gasteiger partial charge in [0, 0.05) is 16.5 Å². The van der Waals surface area contributed by atoms with E-state index in [2.05, 4.69) is 4.74 Å². The van der Waals surface area contributed by atoms with E-state index in [9.17, 15) is 4.79 Å². The predicted octanol–water partition coefficient (Wildman–Crippen LogP) is 1.95. The van der Waals surface area contributed by atoms with Crippen molar-refractivity contribution < 1.29 is 14.3 Å². The SMILES string of the molecule is COC(=O)C(N)CSCCOc1cccc(Cl)c1. The molecule has 1 unspecified atom stereocenters. The first-order valence-electron chi connectivity index (χ1n) is 5.43. The first kappa shape index (κ1) is 15.1. The zero-order chi connectivity index (χ0) is 13.4. The Morgan fingerprint density at radius 3 is 3.00 bits per heavy atom. The Morgan fingerprint density at radius 1 is 1.56 bits per heavy atom. The number of rotatable bonds is 7. The van der Waals surface area contributed by atoms with Gasteiger partial charge in [0.1, 0.15) is 11.8 Å². The van der Waals surface area contributed by atoms with E-state index < -0.39 is 12.0 Å². The lowest BCUT2D eigenvalue weighted by Crippen LogP contribution is -2.34. The molecule has 1 rings (SSSR count). The molecule has 0 aromatic heterocycles. The third kappa shape index (κ3) is 5.62. The molecular weight excluding hydrogens is 274 g/mol. The van der Waals surface area contributed by atoms with E-state index >= 15 is 0 Å². The fraction of sp³-hybridized carbons (Fsp3) is 0.417. The van der Waals surface area contributed by atoms with Gasteiger partial charge in [-0.25, -0.2) is 0 Å². The lowest BCUT2D eigenvalue weighted by atomic mass is 10.3. The van der Waals surface area contributed by atoms with Crippen LogP contribution in [0, 0.1) is 0 Å². The number of hydrogen-bond acceptors (Lipinski definition) is 5. The highest BCUT2D eigenvalue weighted by Gasteiger charge is 2.12. The van der Waals surface area contributed by atoms with Gasteiger partial charge >= 0.3 is 5.97 Å². The Hall–Kier alpha value is -0.910. The van der Waals surface area contributed by atoms with E-state index in [0.717, 1.165) is 11.5 Å². The van der Waals surface area contributed by atoms with Gasteiger partial charge in [-0.2, -0.15) is 11.8 Å². The van der Waals surface area contributed by atoms with Gasteiger partial charge in [-0.15, -0.1) is 0 Å². The number of hydrogen-bond donors (Lipinski definition) is 1. The van der Waals surface area contributed by atoms with Crippen LogP contribution in [0.2, 0.25) is 5.02 Å². The molecule has 0 amide bonds. The minimum absolute atomic E-state index is 0.391. The van der Waals surface area contributed by atoms with Crippen LogP contribution < -0.4 is 10.5 Å². The monoisotopic (exact) mass is 289 g/mol. The van der Waals surface area contributed by atoms with Crippen LogP contribution in [0.15, 0.2) is 24.3 Å². The average Bonchev–Trinajstić information content (AvgIpc) is 2.37. The fourth-order valence-electron chi connectivity index (χ4n) is 1.20. The summed E-state index contributed by atoms with van der Waals surface area (Å²) in [5.74, 6) is 1.61. The Kier molecular flexibility index (Phi) is 6.93. The van der Waals surface area contributed by atoms with Gasteiger partial charge in [-0.05, 0) is 18.2 Å². The Morgan fingerprint density at radius 2 is 2.33 bits per heavy atom. The van der Waals surface area contributed by atoms with Crippen molar-refractivity contribution in [2.45, 2.75) is 6.04 Å². The molecule has 1 atom stereocenters. The van der Waals surface area contributed by atoms with Gasteiger partial charge in [0.2, 0.25) is 0 Å². The van der Waals surface area contributed by atoms with Crippen molar-refractivity contribution in [3.8, 4) is 5.75 Å². The second kappa shape index (κ2) is 8.24. The summed E-state index contributed by atoms with van der Waals surface area (Å²) in [6, 6.07) is 6.64. The molecule has 2 N–H and O–H groups in total. The minimum Gasteiger partial charge on any atom is -0.493 e. The lowest BCUT2D eigenvalue weighted by molar-refractivity contribution is -0.141. The molecule has 0 aliphatic rings. The molecule has 0 aliphatic heterocycles. The van der Waals surface area contributed by atoms with Crippen LogP contribution in [0.1, 0.15) is 0 Å². The van der Waals surface area contributed by atoms with Crippen LogP contribution in [-0.2, 0) is 9.53 Å². The van der Waals surface area contributed by atoms with Crippen molar-refractivity contribution in [1.29, 1.82) is 0 Å². The normalized spacial score (nSPS) is 11.9. The van der Waals surface area contributed by atoms with Crippen molar-refractivity contribution in [1.82, 2.24) is 0 Å². The molecule has 0 fully saturated rings. The smallest absolute Gasteiger partial charge is 0.323 e. The van der Waals surface area contributed by atoms with Gasteiger partial charge in [0.05, 0.1) is 13.7 Å². The van der Waals surface area contributed by atoms with Crippen LogP contribution in [0.25, 0.3) is 0 Å². The number of methoxy groups -OCH3 is 1. The van der Waals surface area contributed by atoms with E-state index in [4.69, 9.17) is 22.1 Å². The first-order valence-corrected chi connectivity index (χ1v) is 6.96. The number of halogens is 1. The zero-order valence-electron chi connectivity index (χ0n) is 10.1. The van der Waals surface area contributed by atoms with Gasteiger partial charge in [0.25, 0.3) is 0 Å². The zero-order valence-corrected chi connectivity index (χ0v) is 11.7. The summed E-state index contributed by atoms with van der Waals surface area (Å²) in [5, 5.41) is 0.646. The van der Waals surface area contributed by atoms with E-state index in [1.165, 1.54) is 7.11 Å². The van der Waals surface area contributed by atoms with Crippen LogP contribution in [0.5, 0.6) is 5.75 Å². The van der Waals surface area contributed by atoms with Gasteiger partial charge in [0.15, 0.2) is 0 Å². The van der Waals surface area contributed by atoms with E-state index in [1.807, 2.05) is 12.1 Å². The quantitative estimate of drug-likeness (QED) is 0.614. The maximum Gasteiger partial charge on any atom is 0.323 e. The van der Waals surface area contributed by atoms with Crippen molar-refractivity contribution in [3.63, 3.8) is 0 Å². The molecule has 1 aromatic rings. The van der Waals surface area contributed by atoms with Gasteiger partial charge < -0.3 is 15.2 Å². The first-order chi connectivity index (χ1) is 8.63. The maximum absolute atomic E-state index is 11.0. The molecule has 0 aliphatic carbocycles. The number of carbonyl (C=O) groups excluding carboxylic acids is 1. The number of benzene rings is 1. The number of nitrogens with two attached hydrogens (primary N) is 1. The number of esters is 1. The Balaban J connectivity index is 2.14. The number of carbonyl (C=O) groups is 1. The van der Waals surface area contributed by atoms with Crippen molar-refractivity contribution in [3.05, 3.63) is 29.3 Å². The number of thioether (sulfide) groups is 1. The van der Waals surface area contributed by atoms with Crippen molar-refractivity contribution >= 4 is 29.3 Å². The second-order valence-corrected chi connectivity index (χ2v) is 5.10. The molecule has 1 aromatic carbocycles. The minimum atomic E-state index is -0.578.